The van der Waals surface area contributed by atoms with E-state index >= 15 is 0 Å². The van der Waals surface area contributed by atoms with Crippen LogP contribution < -0.4 is 10.6 Å². The number of rotatable bonds is 7. The minimum atomic E-state index is -0.177. The maximum Gasteiger partial charge on any atom is 0.227 e. The van der Waals surface area contributed by atoms with Crippen molar-refractivity contribution in [2.45, 2.75) is 26.7 Å². The third-order valence-electron chi connectivity index (χ3n) is 1.51. The van der Waals surface area contributed by atoms with Crippen LogP contribution in [0.25, 0.3) is 0 Å². The molecule has 0 unspecified atom stereocenters. The summed E-state index contributed by atoms with van der Waals surface area (Å²) in [7, 11) is 0. The summed E-state index contributed by atoms with van der Waals surface area (Å²) in [5.41, 5.74) is 0. The van der Waals surface area contributed by atoms with E-state index in [1.807, 2.05) is 6.92 Å². The van der Waals surface area contributed by atoms with Crippen LogP contribution in [0.5, 0.6) is 0 Å². The third-order valence-corrected chi connectivity index (χ3v) is 1.51. The summed E-state index contributed by atoms with van der Waals surface area (Å²) < 4.78 is 0. The standard InChI is InChI=1S/C9H18N2O2/c1-3-10-5-4-6-11-9(13)7-8(2)12/h10H,3-7H2,1-2H3,(H,11,13). The molecule has 0 aliphatic heterocycles. The van der Waals surface area contributed by atoms with Gasteiger partial charge in [0, 0.05) is 6.54 Å². The Balaban J connectivity index is 3.22. The number of carbonyl (C=O) groups is 2. The van der Waals surface area contributed by atoms with Gasteiger partial charge in [0.15, 0.2) is 0 Å². The van der Waals surface area contributed by atoms with Crippen molar-refractivity contribution >= 4 is 11.7 Å². The van der Waals surface area contributed by atoms with Gasteiger partial charge in [0.2, 0.25) is 5.91 Å². The molecule has 76 valence electrons. The van der Waals surface area contributed by atoms with Crippen LogP contribution >= 0.6 is 0 Å². The van der Waals surface area contributed by atoms with Crippen LogP contribution in [0.3, 0.4) is 0 Å². The summed E-state index contributed by atoms with van der Waals surface area (Å²) in [6, 6.07) is 0. The lowest BCUT2D eigenvalue weighted by molar-refractivity contribution is -0.127. The Morgan fingerprint density at radius 2 is 1.92 bits per heavy atom. The zero-order valence-corrected chi connectivity index (χ0v) is 8.35. The van der Waals surface area contributed by atoms with Crippen molar-refractivity contribution in [3.63, 3.8) is 0 Å². The monoisotopic (exact) mass is 186 g/mol. The second-order valence-corrected chi connectivity index (χ2v) is 2.94. The Morgan fingerprint density at radius 3 is 2.46 bits per heavy atom. The van der Waals surface area contributed by atoms with Crippen LogP contribution in [0.1, 0.15) is 26.7 Å². The van der Waals surface area contributed by atoms with E-state index in [0.717, 1.165) is 19.5 Å². The van der Waals surface area contributed by atoms with Crippen LogP contribution in [-0.4, -0.2) is 31.3 Å². The fourth-order valence-electron chi connectivity index (χ4n) is 0.907. The van der Waals surface area contributed by atoms with Crippen molar-refractivity contribution in [3.8, 4) is 0 Å². The van der Waals surface area contributed by atoms with Gasteiger partial charge in [-0.3, -0.25) is 9.59 Å². The van der Waals surface area contributed by atoms with Gasteiger partial charge in [-0.2, -0.15) is 0 Å². The Bertz CT molecular complexity index is 169. The van der Waals surface area contributed by atoms with E-state index in [-0.39, 0.29) is 18.1 Å². The molecule has 1 amide bonds. The van der Waals surface area contributed by atoms with Crippen molar-refractivity contribution in [2.75, 3.05) is 19.6 Å². The Hall–Kier alpha value is -0.900. The van der Waals surface area contributed by atoms with Gasteiger partial charge in [0.1, 0.15) is 5.78 Å². The fourth-order valence-corrected chi connectivity index (χ4v) is 0.907. The van der Waals surface area contributed by atoms with Crippen molar-refractivity contribution in [3.05, 3.63) is 0 Å². The number of amides is 1. The summed E-state index contributed by atoms with van der Waals surface area (Å²) in [6.45, 7) is 5.93. The zero-order valence-electron chi connectivity index (χ0n) is 8.35. The van der Waals surface area contributed by atoms with Crippen molar-refractivity contribution in [1.29, 1.82) is 0 Å². The molecule has 0 aromatic rings. The maximum absolute atomic E-state index is 10.9. The molecule has 0 aliphatic carbocycles. The van der Waals surface area contributed by atoms with Crippen molar-refractivity contribution < 1.29 is 9.59 Å². The normalized spacial score (nSPS) is 9.69. The van der Waals surface area contributed by atoms with Crippen LogP contribution in [-0.2, 0) is 9.59 Å². The first-order valence-electron chi connectivity index (χ1n) is 4.63. The summed E-state index contributed by atoms with van der Waals surface area (Å²) in [5, 5.41) is 5.82. The number of Topliss-reactive ketones (excluding diaryl/α,β-unsaturated/α-hetero) is 1. The highest BCUT2D eigenvalue weighted by atomic mass is 16.2. The minimum absolute atomic E-state index is 0.00120. The molecular weight excluding hydrogens is 168 g/mol. The van der Waals surface area contributed by atoms with Crippen LogP contribution in [0.15, 0.2) is 0 Å². The van der Waals surface area contributed by atoms with Gasteiger partial charge in [-0.1, -0.05) is 6.92 Å². The lowest BCUT2D eigenvalue weighted by Gasteiger charge is -2.03. The van der Waals surface area contributed by atoms with Gasteiger partial charge < -0.3 is 10.6 Å². The second kappa shape index (κ2) is 7.73. The van der Waals surface area contributed by atoms with Crippen molar-refractivity contribution in [2.24, 2.45) is 0 Å². The molecule has 0 bridgehead atoms. The average molecular weight is 186 g/mol. The first-order valence-corrected chi connectivity index (χ1v) is 4.63. The topological polar surface area (TPSA) is 58.2 Å². The molecule has 0 aromatic carbocycles. The molecule has 4 heteroatoms. The number of hydrogen-bond acceptors (Lipinski definition) is 3. The molecule has 0 spiro atoms. The van der Waals surface area contributed by atoms with Gasteiger partial charge in [0.25, 0.3) is 0 Å². The molecule has 0 fully saturated rings. The van der Waals surface area contributed by atoms with E-state index in [9.17, 15) is 9.59 Å². The predicted octanol–water partition coefficient (Wildman–Crippen LogP) is 0.0813. The lowest BCUT2D eigenvalue weighted by atomic mass is 10.3. The number of carbonyl (C=O) groups excluding carboxylic acids is 2. The van der Waals surface area contributed by atoms with Gasteiger partial charge >= 0.3 is 0 Å². The molecule has 0 aromatic heterocycles. The molecule has 0 saturated heterocycles. The number of nitrogens with one attached hydrogen (secondary N) is 2. The summed E-state index contributed by atoms with van der Waals surface area (Å²) >= 11 is 0. The molecule has 0 heterocycles. The molecule has 0 aliphatic rings. The molecular formula is C9H18N2O2. The van der Waals surface area contributed by atoms with Crippen LogP contribution in [0.4, 0.5) is 0 Å². The molecule has 13 heavy (non-hydrogen) atoms. The Morgan fingerprint density at radius 1 is 1.23 bits per heavy atom. The van der Waals surface area contributed by atoms with Crippen molar-refractivity contribution in [1.82, 2.24) is 10.6 Å². The average Bonchev–Trinajstić information content (AvgIpc) is 2.02. The quantitative estimate of drug-likeness (QED) is 0.437. The van der Waals surface area contributed by atoms with E-state index in [1.165, 1.54) is 6.92 Å². The lowest BCUT2D eigenvalue weighted by Crippen LogP contribution is -2.28. The highest BCUT2D eigenvalue weighted by Gasteiger charge is 2.02. The first kappa shape index (κ1) is 12.1. The summed E-state index contributed by atoms with van der Waals surface area (Å²) in [6.07, 6.45) is 0.901. The SMILES string of the molecule is CCNCCCNC(=O)CC(C)=O. The molecule has 0 radical (unpaired) electrons. The molecule has 0 saturated carbocycles. The van der Waals surface area contributed by atoms with E-state index in [0.29, 0.717) is 6.54 Å². The van der Waals surface area contributed by atoms with Gasteiger partial charge in [-0.25, -0.2) is 0 Å². The van der Waals surface area contributed by atoms with E-state index in [2.05, 4.69) is 10.6 Å². The maximum atomic E-state index is 10.9. The first-order chi connectivity index (χ1) is 6.16. The Kier molecular flexibility index (Phi) is 7.20. The summed E-state index contributed by atoms with van der Waals surface area (Å²) in [4.78, 5) is 21.4. The van der Waals surface area contributed by atoms with Gasteiger partial charge in [0.05, 0.1) is 6.42 Å². The third kappa shape index (κ3) is 9.01. The molecule has 2 N–H and O–H groups in total. The molecule has 4 nitrogen and oxygen atoms in total. The largest absolute Gasteiger partial charge is 0.356 e. The van der Waals surface area contributed by atoms with E-state index in [1.54, 1.807) is 0 Å². The summed E-state index contributed by atoms with van der Waals surface area (Å²) in [5.74, 6) is -0.270. The number of hydrogen-bond donors (Lipinski definition) is 2. The van der Waals surface area contributed by atoms with Crippen LogP contribution in [0.2, 0.25) is 0 Å². The van der Waals surface area contributed by atoms with Gasteiger partial charge in [-0.15, -0.1) is 0 Å². The highest BCUT2D eigenvalue weighted by Crippen LogP contribution is 1.82. The number of ketones is 1. The second-order valence-electron chi connectivity index (χ2n) is 2.94. The Labute approximate surface area is 79.1 Å². The minimum Gasteiger partial charge on any atom is -0.356 e. The molecule has 0 rings (SSSR count). The smallest absolute Gasteiger partial charge is 0.227 e. The van der Waals surface area contributed by atoms with Crippen LogP contribution in [0, 0.1) is 0 Å². The predicted molar refractivity (Wildman–Crippen MR) is 51.5 cm³/mol. The highest BCUT2D eigenvalue weighted by molar-refractivity contribution is 5.96. The van der Waals surface area contributed by atoms with E-state index in [4.69, 9.17) is 0 Å². The van der Waals surface area contributed by atoms with Gasteiger partial charge in [-0.05, 0) is 26.4 Å². The van der Waals surface area contributed by atoms with E-state index < -0.39 is 0 Å². The molecule has 0 atom stereocenters. The zero-order chi connectivity index (χ0) is 10.1. The fraction of sp³-hybridized carbons (Fsp3) is 0.778.